The van der Waals surface area contributed by atoms with Crippen LogP contribution >= 0.6 is 0 Å². The van der Waals surface area contributed by atoms with Gasteiger partial charge in [-0.2, -0.15) is 0 Å². The van der Waals surface area contributed by atoms with Gasteiger partial charge in [-0.1, -0.05) is 0 Å². The number of nitrogens with one attached hydrogen (secondary N) is 2. The van der Waals surface area contributed by atoms with Crippen LogP contribution in [-0.2, 0) is 0 Å². The molecule has 2 rings (SSSR count). The van der Waals surface area contributed by atoms with Crippen molar-refractivity contribution in [3.63, 3.8) is 0 Å². The van der Waals surface area contributed by atoms with Crippen LogP contribution in [0.25, 0.3) is 0 Å². The Bertz CT molecular complexity index is 346. The summed E-state index contributed by atoms with van der Waals surface area (Å²) in [6.07, 6.45) is 2.56. The molecule has 1 unspecified atom stereocenters. The monoisotopic (exact) mass is 208 g/mol. The van der Waals surface area contributed by atoms with Crippen LogP contribution in [0, 0.1) is 10.1 Å². The van der Waals surface area contributed by atoms with Gasteiger partial charge >= 0.3 is 5.82 Å². The van der Waals surface area contributed by atoms with E-state index >= 15 is 0 Å². The van der Waals surface area contributed by atoms with E-state index in [0.29, 0.717) is 6.04 Å². The normalized spacial score (nSPS) is 20.1. The van der Waals surface area contributed by atoms with Crippen LogP contribution in [0.15, 0.2) is 18.3 Å². The van der Waals surface area contributed by atoms with Crippen molar-refractivity contribution in [2.75, 3.05) is 18.4 Å². The predicted molar refractivity (Wildman–Crippen MR) is 55.8 cm³/mol. The molecule has 0 aromatic carbocycles. The van der Waals surface area contributed by atoms with Crippen LogP contribution in [0.4, 0.5) is 11.5 Å². The molecule has 1 atom stereocenters. The lowest BCUT2D eigenvalue weighted by Crippen LogP contribution is -2.22. The Labute approximate surface area is 86.9 Å². The van der Waals surface area contributed by atoms with Crippen LogP contribution in [0.1, 0.15) is 6.42 Å². The van der Waals surface area contributed by atoms with E-state index in [1.807, 2.05) is 0 Å². The average molecular weight is 208 g/mol. The molecule has 1 fully saturated rings. The molecule has 80 valence electrons. The van der Waals surface area contributed by atoms with Crippen LogP contribution in [0.5, 0.6) is 0 Å². The Morgan fingerprint density at radius 1 is 1.60 bits per heavy atom. The molecular formula is C9H12N4O2. The molecule has 1 aliphatic rings. The van der Waals surface area contributed by atoms with Gasteiger partial charge in [0.25, 0.3) is 0 Å². The van der Waals surface area contributed by atoms with Gasteiger partial charge in [-0.25, -0.2) is 0 Å². The highest BCUT2D eigenvalue weighted by Gasteiger charge is 2.15. The number of nitrogens with zero attached hydrogens (tertiary/aromatic N) is 2. The predicted octanol–water partition coefficient (Wildman–Crippen LogP) is 0.764. The van der Waals surface area contributed by atoms with Gasteiger partial charge in [0.1, 0.15) is 0 Å². The van der Waals surface area contributed by atoms with E-state index in [2.05, 4.69) is 15.6 Å². The maximum absolute atomic E-state index is 10.4. The van der Waals surface area contributed by atoms with Crippen LogP contribution in [0.3, 0.4) is 0 Å². The van der Waals surface area contributed by atoms with E-state index in [1.54, 1.807) is 6.07 Å². The molecule has 1 saturated heterocycles. The van der Waals surface area contributed by atoms with E-state index in [9.17, 15) is 10.1 Å². The Morgan fingerprint density at radius 2 is 2.47 bits per heavy atom. The summed E-state index contributed by atoms with van der Waals surface area (Å²) in [6, 6.07) is 3.49. The molecule has 1 aromatic heterocycles. The summed E-state index contributed by atoms with van der Waals surface area (Å²) in [7, 11) is 0. The molecule has 15 heavy (non-hydrogen) atoms. The summed E-state index contributed by atoms with van der Waals surface area (Å²) in [5.74, 6) is -0.120. The molecule has 0 radical (unpaired) electrons. The summed E-state index contributed by atoms with van der Waals surface area (Å²) < 4.78 is 0. The minimum absolute atomic E-state index is 0.120. The molecule has 1 aromatic rings. The third kappa shape index (κ3) is 2.41. The largest absolute Gasteiger partial charge is 0.378 e. The second kappa shape index (κ2) is 4.22. The zero-order valence-electron chi connectivity index (χ0n) is 8.14. The van der Waals surface area contributed by atoms with Crippen molar-refractivity contribution in [1.29, 1.82) is 0 Å². The summed E-state index contributed by atoms with van der Waals surface area (Å²) in [5, 5.41) is 16.9. The molecule has 0 bridgehead atoms. The second-order valence-electron chi connectivity index (χ2n) is 3.50. The molecule has 6 nitrogen and oxygen atoms in total. The summed E-state index contributed by atoms with van der Waals surface area (Å²) in [4.78, 5) is 13.6. The first-order valence-corrected chi connectivity index (χ1v) is 4.83. The Kier molecular flexibility index (Phi) is 2.77. The van der Waals surface area contributed by atoms with Crippen molar-refractivity contribution >= 4 is 11.5 Å². The first kappa shape index (κ1) is 9.85. The quantitative estimate of drug-likeness (QED) is 0.566. The smallest absolute Gasteiger partial charge is 0.363 e. The average Bonchev–Trinajstić information content (AvgIpc) is 2.71. The minimum atomic E-state index is -0.499. The fourth-order valence-electron chi connectivity index (χ4n) is 1.59. The van der Waals surface area contributed by atoms with Gasteiger partial charge in [0.15, 0.2) is 6.20 Å². The molecular weight excluding hydrogens is 196 g/mol. The van der Waals surface area contributed by atoms with E-state index in [4.69, 9.17) is 0 Å². The molecule has 2 heterocycles. The fourth-order valence-corrected chi connectivity index (χ4v) is 1.59. The highest BCUT2D eigenvalue weighted by atomic mass is 16.6. The molecule has 6 heteroatoms. The van der Waals surface area contributed by atoms with Crippen LogP contribution in [-0.4, -0.2) is 29.0 Å². The number of rotatable bonds is 3. The van der Waals surface area contributed by atoms with Gasteiger partial charge in [-0.05, 0) is 28.9 Å². The zero-order valence-corrected chi connectivity index (χ0v) is 8.14. The standard InChI is InChI=1S/C9H12N4O2/c14-13(15)9-2-1-7(6-11-9)12-8-3-4-10-5-8/h1-2,6,8,10,12H,3-5H2. The first-order valence-electron chi connectivity index (χ1n) is 4.83. The number of pyridine rings is 1. The highest BCUT2D eigenvalue weighted by molar-refractivity contribution is 5.44. The van der Waals surface area contributed by atoms with Gasteiger partial charge < -0.3 is 20.7 Å². The molecule has 2 N–H and O–H groups in total. The number of aromatic nitrogens is 1. The highest BCUT2D eigenvalue weighted by Crippen LogP contribution is 2.13. The Morgan fingerprint density at radius 3 is 3.00 bits per heavy atom. The maximum Gasteiger partial charge on any atom is 0.363 e. The van der Waals surface area contributed by atoms with Crippen LogP contribution in [0.2, 0.25) is 0 Å². The van der Waals surface area contributed by atoms with Crippen molar-refractivity contribution in [2.24, 2.45) is 0 Å². The lowest BCUT2D eigenvalue weighted by molar-refractivity contribution is -0.389. The van der Waals surface area contributed by atoms with Gasteiger partial charge in [0.2, 0.25) is 0 Å². The maximum atomic E-state index is 10.4. The fraction of sp³-hybridized carbons (Fsp3) is 0.444. The summed E-state index contributed by atoms with van der Waals surface area (Å²) >= 11 is 0. The SMILES string of the molecule is O=[N+]([O-])c1ccc(NC2CCNC2)cn1. The first-order chi connectivity index (χ1) is 7.25. The van der Waals surface area contributed by atoms with Gasteiger partial charge in [-0.3, -0.25) is 0 Å². The van der Waals surface area contributed by atoms with E-state index < -0.39 is 4.92 Å². The van der Waals surface area contributed by atoms with Crippen molar-refractivity contribution in [3.05, 3.63) is 28.4 Å². The number of anilines is 1. The third-order valence-corrected chi connectivity index (χ3v) is 2.37. The van der Waals surface area contributed by atoms with Gasteiger partial charge in [-0.15, -0.1) is 0 Å². The van der Waals surface area contributed by atoms with E-state index in [1.165, 1.54) is 12.3 Å². The lowest BCUT2D eigenvalue weighted by Gasteiger charge is -2.10. The molecule has 0 saturated carbocycles. The van der Waals surface area contributed by atoms with E-state index in [-0.39, 0.29) is 5.82 Å². The van der Waals surface area contributed by atoms with Crippen molar-refractivity contribution < 1.29 is 4.92 Å². The molecule has 0 spiro atoms. The Balaban J connectivity index is 2.00. The number of hydrogen-bond acceptors (Lipinski definition) is 5. The van der Waals surface area contributed by atoms with E-state index in [0.717, 1.165) is 25.2 Å². The molecule has 0 amide bonds. The van der Waals surface area contributed by atoms with Gasteiger partial charge in [0, 0.05) is 18.7 Å². The molecule has 1 aliphatic heterocycles. The van der Waals surface area contributed by atoms with Crippen molar-refractivity contribution in [3.8, 4) is 0 Å². The molecule has 0 aliphatic carbocycles. The minimum Gasteiger partial charge on any atom is -0.378 e. The van der Waals surface area contributed by atoms with Crippen LogP contribution < -0.4 is 10.6 Å². The summed E-state index contributed by atoms with van der Waals surface area (Å²) in [6.45, 7) is 1.94. The topological polar surface area (TPSA) is 80.1 Å². The number of nitro groups is 1. The Hall–Kier alpha value is -1.69. The summed E-state index contributed by atoms with van der Waals surface area (Å²) in [5.41, 5.74) is 0.828. The number of hydrogen-bond donors (Lipinski definition) is 2. The van der Waals surface area contributed by atoms with Gasteiger partial charge in [0.05, 0.1) is 5.69 Å². The van der Waals surface area contributed by atoms with Crippen molar-refractivity contribution in [1.82, 2.24) is 10.3 Å². The third-order valence-electron chi connectivity index (χ3n) is 2.37. The van der Waals surface area contributed by atoms with Crippen molar-refractivity contribution in [2.45, 2.75) is 12.5 Å². The lowest BCUT2D eigenvalue weighted by atomic mass is 10.2. The second-order valence-corrected chi connectivity index (χ2v) is 3.50. The zero-order chi connectivity index (χ0) is 10.7.